The lowest BCUT2D eigenvalue weighted by atomic mass is 10.1. The predicted molar refractivity (Wildman–Crippen MR) is 66.5 cm³/mol. The van der Waals surface area contributed by atoms with Gasteiger partial charge in [0.1, 0.15) is 5.75 Å². The van der Waals surface area contributed by atoms with E-state index in [9.17, 15) is 9.90 Å². The highest BCUT2D eigenvalue weighted by molar-refractivity contribution is 5.96. The fourth-order valence-corrected chi connectivity index (χ4v) is 2.42. The summed E-state index contributed by atoms with van der Waals surface area (Å²) in [5.74, 6) is 0.306. The Hall–Kier alpha value is -1.06. The number of ketones is 1. The Bertz CT molecular complexity index is 389. The Morgan fingerprint density at radius 3 is 2.61 bits per heavy atom. The van der Waals surface area contributed by atoms with Crippen LogP contribution in [0.15, 0.2) is 24.3 Å². The minimum Gasteiger partial charge on any atom is -1.00 e. The SMILES string of the molecule is O=C(CC[NH+]1CCCCC1)c1cccc(O)c1.[Cl-]. The van der Waals surface area contributed by atoms with Crippen LogP contribution in [0.4, 0.5) is 0 Å². The first kappa shape index (κ1) is 15.0. The summed E-state index contributed by atoms with van der Waals surface area (Å²) in [6.45, 7) is 3.33. The summed E-state index contributed by atoms with van der Waals surface area (Å²) in [4.78, 5) is 13.5. The van der Waals surface area contributed by atoms with Gasteiger partial charge in [-0.05, 0) is 31.4 Å². The zero-order valence-corrected chi connectivity index (χ0v) is 11.2. The molecule has 0 aromatic heterocycles. The zero-order chi connectivity index (χ0) is 12.1. The lowest BCUT2D eigenvalue weighted by Crippen LogP contribution is -3.12. The van der Waals surface area contributed by atoms with Gasteiger partial charge < -0.3 is 22.4 Å². The van der Waals surface area contributed by atoms with Crippen LogP contribution in [0.1, 0.15) is 36.0 Å². The molecule has 0 radical (unpaired) electrons. The molecule has 2 N–H and O–H groups in total. The molecule has 0 spiro atoms. The van der Waals surface area contributed by atoms with Gasteiger partial charge in [-0.1, -0.05) is 12.1 Å². The highest BCUT2D eigenvalue weighted by Gasteiger charge is 2.15. The number of aromatic hydroxyl groups is 1. The van der Waals surface area contributed by atoms with E-state index in [2.05, 4.69) is 0 Å². The molecule has 18 heavy (non-hydrogen) atoms. The van der Waals surface area contributed by atoms with Gasteiger partial charge in [-0.25, -0.2) is 0 Å². The van der Waals surface area contributed by atoms with Crippen LogP contribution in [0, 0.1) is 0 Å². The normalized spacial score (nSPS) is 16.0. The number of phenolic OH excluding ortho intramolecular Hbond substituents is 1. The lowest BCUT2D eigenvalue weighted by Gasteiger charge is -2.23. The van der Waals surface area contributed by atoms with Crippen LogP contribution in [0.3, 0.4) is 0 Å². The molecule has 0 amide bonds. The number of Topliss-reactive ketones (excluding diaryl/α,β-unsaturated/α-hetero) is 1. The van der Waals surface area contributed by atoms with Crippen molar-refractivity contribution in [2.24, 2.45) is 0 Å². The molecule has 1 saturated heterocycles. The van der Waals surface area contributed by atoms with E-state index in [-0.39, 0.29) is 23.9 Å². The Labute approximate surface area is 114 Å². The molecule has 3 nitrogen and oxygen atoms in total. The number of carbonyl (C=O) groups is 1. The zero-order valence-electron chi connectivity index (χ0n) is 10.5. The van der Waals surface area contributed by atoms with Gasteiger partial charge in [-0.3, -0.25) is 4.79 Å². The van der Waals surface area contributed by atoms with Crippen molar-refractivity contribution < 1.29 is 27.2 Å². The first-order valence-corrected chi connectivity index (χ1v) is 6.41. The molecule has 2 rings (SSSR count). The van der Waals surface area contributed by atoms with E-state index in [0.29, 0.717) is 12.0 Å². The Morgan fingerprint density at radius 2 is 1.94 bits per heavy atom. The molecule has 1 aliphatic rings. The molecule has 0 saturated carbocycles. The highest BCUT2D eigenvalue weighted by Crippen LogP contribution is 2.12. The van der Waals surface area contributed by atoms with Gasteiger partial charge in [-0.15, -0.1) is 0 Å². The molecule has 1 heterocycles. The molecule has 1 fully saturated rings. The van der Waals surface area contributed by atoms with Crippen molar-refractivity contribution in [3.8, 4) is 5.75 Å². The van der Waals surface area contributed by atoms with Crippen LogP contribution in [-0.2, 0) is 0 Å². The standard InChI is InChI=1S/C14H19NO2.ClH/c16-13-6-4-5-12(11-13)14(17)7-10-15-8-2-1-3-9-15;/h4-6,11,16H,1-3,7-10H2;1H. The molecule has 0 atom stereocenters. The van der Waals surface area contributed by atoms with Crippen LogP contribution < -0.4 is 17.3 Å². The van der Waals surface area contributed by atoms with Gasteiger partial charge in [0, 0.05) is 5.56 Å². The number of hydrogen-bond donors (Lipinski definition) is 2. The Morgan fingerprint density at radius 1 is 1.22 bits per heavy atom. The number of hydrogen-bond acceptors (Lipinski definition) is 2. The molecule has 0 aliphatic carbocycles. The van der Waals surface area contributed by atoms with Gasteiger partial charge in [-0.2, -0.15) is 0 Å². The van der Waals surface area contributed by atoms with Gasteiger partial charge in [0.05, 0.1) is 26.1 Å². The summed E-state index contributed by atoms with van der Waals surface area (Å²) < 4.78 is 0. The van der Waals surface area contributed by atoms with Crippen molar-refractivity contribution in [3.05, 3.63) is 29.8 Å². The molecule has 1 aromatic rings. The van der Waals surface area contributed by atoms with E-state index < -0.39 is 0 Å². The maximum atomic E-state index is 11.9. The third-order valence-corrected chi connectivity index (χ3v) is 3.43. The van der Waals surface area contributed by atoms with E-state index in [0.717, 1.165) is 6.54 Å². The highest BCUT2D eigenvalue weighted by atomic mass is 35.5. The van der Waals surface area contributed by atoms with E-state index in [4.69, 9.17) is 0 Å². The summed E-state index contributed by atoms with van der Waals surface area (Å²) in [6, 6.07) is 6.63. The average molecular weight is 270 g/mol. The maximum absolute atomic E-state index is 11.9. The van der Waals surface area contributed by atoms with Crippen LogP contribution in [0.5, 0.6) is 5.75 Å². The van der Waals surface area contributed by atoms with Crippen molar-refractivity contribution >= 4 is 5.78 Å². The fraction of sp³-hybridized carbons (Fsp3) is 0.500. The molecule has 4 heteroatoms. The quantitative estimate of drug-likeness (QED) is 0.624. The number of benzene rings is 1. The van der Waals surface area contributed by atoms with Gasteiger partial charge >= 0.3 is 0 Å². The van der Waals surface area contributed by atoms with E-state index in [1.807, 2.05) is 0 Å². The van der Waals surface area contributed by atoms with Gasteiger partial charge in [0.25, 0.3) is 0 Å². The van der Waals surface area contributed by atoms with Crippen molar-refractivity contribution in [2.45, 2.75) is 25.7 Å². The van der Waals surface area contributed by atoms with Crippen molar-refractivity contribution in [3.63, 3.8) is 0 Å². The number of nitrogens with one attached hydrogen (secondary N) is 1. The second kappa shape index (κ2) is 7.39. The molecule has 1 aliphatic heterocycles. The number of quaternary nitrogens is 1. The number of carbonyl (C=O) groups excluding carboxylic acids is 1. The van der Waals surface area contributed by atoms with Gasteiger partial charge in [0.15, 0.2) is 5.78 Å². The molecule has 1 aromatic carbocycles. The lowest BCUT2D eigenvalue weighted by molar-refractivity contribution is -0.904. The van der Waals surface area contributed by atoms with E-state index >= 15 is 0 Å². The summed E-state index contributed by atoms with van der Waals surface area (Å²) in [5, 5.41) is 9.32. The fourth-order valence-electron chi connectivity index (χ4n) is 2.42. The topological polar surface area (TPSA) is 41.7 Å². The van der Waals surface area contributed by atoms with Crippen LogP contribution >= 0.6 is 0 Å². The predicted octanol–water partition coefficient (Wildman–Crippen LogP) is -1.96. The Balaban J connectivity index is 0.00000162. The molecular formula is C14H20ClNO2. The third kappa shape index (κ3) is 4.31. The first-order chi connectivity index (χ1) is 8.25. The molecule has 0 bridgehead atoms. The molecular weight excluding hydrogens is 250 g/mol. The second-order valence-electron chi connectivity index (χ2n) is 4.78. The van der Waals surface area contributed by atoms with Crippen molar-refractivity contribution in [2.75, 3.05) is 19.6 Å². The minimum atomic E-state index is 0. The van der Waals surface area contributed by atoms with Crippen LogP contribution in [0.25, 0.3) is 0 Å². The third-order valence-electron chi connectivity index (χ3n) is 3.43. The van der Waals surface area contributed by atoms with Crippen molar-refractivity contribution in [1.82, 2.24) is 0 Å². The van der Waals surface area contributed by atoms with Crippen molar-refractivity contribution in [1.29, 1.82) is 0 Å². The van der Waals surface area contributed by atoms with Crippen LogP contribution in [-0.4, -0.2) is 30.5 Å². The van der Waals surface area contributed by atoms with Crippen LogP contribution in [0.2, 0.25) is 0 Å². The molecule has 0 unspecified atom stereocenters. The number of rotatable bonds is 4. The number of piperidine rings is 1. The van der Waals surface area contributed by atoms with Gasteiger partial charge in [0.2, 0.25) is 0 Å². The number of halogens is 1. The van der Waals surface area contributed by atoms with E-state index in [1.54, 1.807) is 29.2 Å². The largest absolute Gasteiger partial charge is 1.00 e. The second-order valence-corrected chi connectivity index (χ2v) is 4.78. The minimum absolute atomic E-state index is 0. The summed E-state index contributed by atoms with van der Waals surface area (Å²) >= 11 is 0. The number of phenols is 1. The summed E-state index contributed by atoms with van der Waals surface area (Å²) in [6.07, 6.45) is 4.49. The average Bonchev–Trinajstić information content (AvgIpc) is 2.37. The Kier molecular flexibility index (Phi) is 6.16. The summed E-state index contributed by atoms with van der Waals surface area (Å²) in [7, 11) is 0. The smallest absolute Gasteiger partial charge is 0.168 e. The maximum Gasteiger partial charge on any atom is 0.168 e. The summed E-state index contributed by atoms with van der Waals surface area (Å²) in [5.41, 5.74) is 0.626. The molecule has 100 valence electrons. The number of likely N-dealkylation sites (tertiary alicyclic amines) is 1. The van der Waals surface area contributed by atoms with E-state index in [1.165, 1.54) is 32.4 Å². The first-order valence-electron chi connectivity index (χ1n) is 6.41. The monoisotopic (exact) mass is 269 g/mol.